The molecule has 0 saturated carbocycles. The van der Waals surface area contributed by atoms with E-state index < -0.39 is 18.0 Å². The first kappa shape index (κ1) is 35.9. The second-order valence-corrected chi connectivity index (χ2v) is 13.3. The number of fused-ring (bicyclic) bond motifs is 1. The monoisotopic (exact) mass is 725 g/mol. The first-order valence-electron chi connectivity index (χ1n) is 16.6. The number of nitrogens with zero attached hydrogens (tertiary/aromatic N) is 7. The minimum Gasteiger partial charge on any atom is -0.406 e. The van der Waals surface area contributed by atoms with Crippen LogP contribution in [0, 0.1) is 0 Å². The first-order valence-corrected chi connectivity index (χ1v) is 17.4. The smallest absolute Gasteiger partial charge is 0.406 e. The van der Waals surface area contributed by atoms with Crippen molar-refractivity contribution in [1.29, 1.82) is 0 Å². The van der Waals surface area contributed by atoms with Crippen LogP contribution in [-0.4, -0.2) is 96.1 Å². The van der Waals surface area contributed by atoms with Gasteiger partial charge in [0.15, 0.2) is 5.82 Å². The van der Waals surface area contributed by atoms with Gasteiger partial charge in [-0.3, -0.25) is 19.8 Å². The van der Waals surface area contributed by atoms with Crippen LogP contribution in [0.1, 0.15) is 29.1 Å². The SMILES string of the molecule is CN1c2ccccc2N(CC(=O)Nc2nnc(CCCCc3ccc(NC(=O)Cc4cccc(OC(F)(F)F)c4)nn3)s2)C1CN1CCOCC1. The molecule has 2 aromatic heterocycles. The third-order valence-electron chi connectivity index (χ3n) is 8.49. The number of hydrogen-bond acceptors (Lipinski definition) is 12. The van der Waals surface area contributed by atoms with Crippen LogP contribution in [0.4, 0.5) is 35.5 Å². The van der Waals surface area contributed by atoms with Gasteiger partial charge < -0.3 is 24.6 Å². The minimum atomic E-state index is -4.81. The summed E-state index contributed by atoms with van der Waals surface area (Å²) in [6.45, 7) is 4.13. The topological polar surface area (TPSA) is 138 Å². The molecule has 2 aliphatic heterocycles. The minimum absolute atomic E-state index is 0.0115. The number of halogens is 3. The predicted molar refractivity (Wildman–Crippen MR) is 186 cm³/mol. The maximum absolute atomic E-state index is 13.2. The van der Waals surface area contributed by atoms with Gasteiger partial charge in [0.05, 0.1) is 43.2 Å². The highest BCUT2D eigenvalue weighted by atomic mass is 32.1. The molecule has 2 aromatic carbocycles. The number of para-hydroxylation sites is 2. The number of ether oxygens (including phenoxy) is 2. The summed E-state index contributed by atoms with van der Waals surface area (Å²) in [7, 11) is 2.07. The molecule has 1 unspecified atom stereocenters. The van der Waals surface area contributed by atoms with E-state index in [1.54, 1.807) is 12.1 Å². The highest BCUT2D eigenvalue weighted by molar-refractivity contribution is 7.15. The van der Waals surface area contributed by atoms with Gasteiger partial charge in [0.25, 0.3) is 0 Å². The normalized spacial score (nSPS) is 16.2. The number of amides is 2. The summed E-state index contributed by atoms with van der Waals surface area (Å²) in [5.41, 5.74) is 3.23. The second kappa shape index (κ2) is 16.4. The van der Waals surface area contributed by atoms with E-state index in [4.69, 9.17) is 4.74 Å². The maximum Gasteiger partial charge on any atom is 0.573 e. The number of carbonyl (C=O) groups excluding carboxylic acids is 2. The maximum atomic E-state index is 13.2. The number of carbonyl (C=O) groups is 2. The van der Waals surface area contributed by atoms with Crippen molar-refractivity contribution in [3.05, 3.63) is 76.9 Å². The van der Waals surface area contributed by atoms with Gasteiger partial charge in [0, 0.05) is 33.1 Å². The number of rotatable bonds is 14. The number of nitrogens with one attached hydrogen (secondary N) is 2. The Balaban J connectivity index is 0.925. The lowest BCUT2D eigenvalue weighted by atomic mass is 10.1. The standard InChI is InChI=1S/C34H38F3N9O4S/c1-44-26-10-3-4-11-27(26)46(32(44)22-45-15-17-49-18-16-45)21-30(48)39-33-43-42-31(51-33)12-5-2-8-24-13-14-28(41-40-24)38-29(47)20-23-7-6-9-25(19-23)50-34(35,36)37/h3-4,6-7,9-11,13-14,19,32H,2,5,8,12,15-18,20-22H2,1H3,(H,38,41,47)(H,39,43,48). The molecular formula is C34H38F3N9O4S. The molecule has 0 aliphatic carbocycles. The van der Waals surface area contributed by atoms with Gasteiger partial charge in [0.1, 0.15) is 16.9 Å². The van der Waals surface area contributed by atoms with E-state index in [2.05, 4.69) is 63.6 Å². The van der Waals surface area contributed by atoms with Crippen molar-refractivity contribution in [2.24, 2.45) is 0 Å². The van der Waals surface area contributed by atoms with Gasteiger partial charge in [-0.05, 0) is 61.2 Å². The molecule has 2 amide bonds. The molecule has 270 valence electrons. The van der Waals surface area contributed by atoms with Crippen LogP contribution in [0.2, 0.25) is 0 Å². The zero-order valence-corrected chi connectivity index (χ0v) is 28.8. The Bertz CT molecular complexity index is 1790. The van der Waals surface area contributed by atoms with Gasteiger partial charge in [-0.2, -0.15) is 5.10 Å². The number of unbranched alkanes of at least 4 members (excludes halogenated alkanes) is 1. The summed E-state index contributed by atoms with van der Waals surface area (Å²) in [4.78, 5) is 32.4. The average Bonchev–Trinajstić information content (AvgIpc) is 3.65. The molecule has 0 spiro atoms. The van der Waals surface area contributed by atoms with Crippen molar-refractivity contribution in [3.8, 4) is 5.75 Å². The molecule has 17 heteroatoms. The fourth-order valence-electron chi connectivity index (χ4n) is 6.05. The second-order valence-electron chi connectivity index (χ2n) is 12.2. The zero-order chi connectivity index (χ0) is 35.8. The van der Waals surface area contributed by atoms with Crippen LogP contribution >= 0.6 is 11.3 Å². The number of anilines is 4. The third-order valence-corrected chi connectivity index (χ3v) is 9.39. The lowest BCUT2D eigenvalue weighted by Crippen LogP contribution is -2.53. The largest absolute Gasteiger partial charge is 0.573 e. The summed E-state index contributed by atoms with van der Waals surface area (Å²) >= 11 is 1.36. The molecular weight excluding hydrogens is 687 g/mol. The summed E-state index contributed by atoms with van der Waals surface area (Å²) in [5.74, 6) is -0.756. The number of alkyl halides is 3. The van der Waals surface area contributed by atoms with Crippen LogP contribution in [0.3, 0.4) is 0 Å². The Hall–Kier alpha value is -4.87. The molecule has 13 nitrogen and oxygen atoms in total. The van der Waals surface area contributed by atoms with Crippen LogP contribution < -0.4 is 25.2 Å². The van der Waals surface area contributed by atoms with E-state index >= 15 is 0 Å². The van der Waals surface area contributed by atoms with Crippen molar-refractivity contribution in [1.82, 2.24) is 25.3 Å². The van der Waals surface area contributed by atoms with Crippen molar-refractivity contribution >= 4 is 45.5 Å². The molecule has 1 fully saturated rings. The molecule has 2 aliphatic rings. The highest BCUT2D eigenvalue weighted by Crippen LogP contribution is 2.38. The molecule has 0 bridgehead atoms. The molecule has 1 atom stereocenters. The van der Waals surface area contributed by atoms with Gasteiger partial charge >= 0.3 is 6.36 Å². The fourth-order valence-corrected chi connectivity index (χ4v) is 6.85. The third kappa shape index (κ3) is 10.1. The zero-order valence-electron chi connectivity index (χ0n) is 27.9. The lowest BCUT2D eigenvalue weighted by molar-refractivity contribution is -0.274. The van der Waals surface area contributed by atoms with E-state index in [1.165, 1.54) is 29.5 Å². The molecule has 4 aromatic rings. The number of aromatic nitrogens is 4. The number of hydrogen-bond donors (Lipinski definition) is 2. The highest BCUT2D eigenvalue weighted by Gasteiger charge is 2.36. The number of likely N-dealkylation sites (N-methyl/N-ethyl adjacent to an activating group) is 1. The van der Waals surface area contributed by atoms with Crippen molar-refractivity contribution < 1.29 is 32.2 Å². The van der Waals surface area contributed by atoms with E-state index in [0.29, 0.717) is 36.8 Å². The summed E-state index contributed by atoms with van der Waals surface area (Å²) < 4.78 is 46.9. The number of aryl methyl sites for hydroxylation is 2. The first-order chi connectivity index (χ1) is 24.6. The molecule has 0 radical (unpaired) electrons. The van der Waals surface area contributed by atoms with Crippen molar-refractivity contribution in [3.63, 3.8) is 0 Å². The van der Waals surface area contributed by atoms with Gasteiger partial charge in [-0.1, -0.05) is 35.6 Å². The van der Waals surface area contributed by atoms with Gasteiger partial charge in [-0.15, -0.1) is 28.5 Å². The quantitative estimate of drug-likeness (QED) is 0.178. The van der Waals surface area contributed by atoms with E-state index in [1.807, 2.05) is 18.2 Å². The van der Waals surface area contributed by atoms with Crippen LogP contribution in [0.5, 0.6) is 5.75 Å². The summed E-state index contributed by atoms with van der Waals surface area (Å²) in [6, 6.07) is 16.8. The lowest BCUT2D eigenvalue weighted by Gasteiger charge is -2.36. The van der Waals surface area contributed by atoms with Crippen LogP contribution in [-0.2, 0) is 33.6 Å². The van der Waals surface area contributed by atoms with Crippen LogP contribution in [0.15, 0.2) is 60.7 Å². The van der Waals surface area contributed by atoms with E-state index in [-0.39, 0.29) is 30.9 Å². The Labute approximate surface area is 296 Å². The fraction of sp³-hybridized carbons (Fsp3) is 0.412. The van der Waals surface area contributed by atoms with E-state index in [0.717, 1.165) is 60.6 Å². The summed E-state index contributed by atoms with van der Waals surface area (Å²) in [6.07, 6.45) is -1.98. The van der Waals surface area contributed by atoms with E-state index in [9.17, 15) is 22.8 Å². The van der Waals surface area contributed by atoms with Gasteiger partial charge in [0.2, 0.25) is 16.9 Å². The Morgan fingerprint density at radius 1 is 0.922 bits per heavy atom. The Morgan fingerprint density at radius 2 is 1.71 bits per heavy atom. The Morgan fingerprint density at radius 3 is 2.47 bits per heavy atom. The molecule has 1 saturated heterocycles. The molecule has 6 rings (SSSR count). The number of benzene rings is 2. The number of morpholine rings is 1. The van der Waals surface area contributed by atoms with Crippen molar-refractivity contribution in [2.45, 2.75) is 44.6 Å². The van der Waals surface area contributed by atoms with Crippen molar-refractivity contribution in [2.75, 3.05) is 66.9 Å². The average molecular weight is 726 g/mol. The molecule has 51 heavy (non-hydrogen) atoms. The van der Waals surface area contributed by atoms with Gasteiger partial charge in [-0.25, -0.2) is 0 Å². The predicted octanol–water partition coefficient (Wildman–Crippen LogP) is 4.53. The molecule has 4 heterocycles. The van der Waals surface area contributed by atoms with Crippen LogP contribution in [0.25, 0.3) is 0 Å². The summed E-state index contributed by atoms with van der Waals surface area (Å²) in [5, 5.41) is 23.5. The molecule has 2 N–H and O–H groups in total. The Kier molecular flexibility index (Phi) is 11.6.